The summed E-state index contributed by atoms with van der Waals surface area (Å²) in [5.74, 6) is 2.87. The molecule has 2 aliphatic carbocycles. The fourth-order valence-corrected chi connectivity index (χ4v) is 5.16. The molecular formula is C19H36N2. The van der Waals surface area contributed by atoms with E-state index < -0.39 is 0 Å². The summed E-state index contributed by atoms with van der Waals surface area (Å²) in [6.07, 6.45) is 13.3. The first-order valence-electron chi connectivity index (χ1n) is 9.71. The Morgan fingerprint density at radius 1 is 0.905 bits per heavy atom. The van der Waals surface area contributed by atoms with E-state index in [1.165, 1.54) is 77.4 Å². The number of rotatable bonds is 5. The largest absolute Gasteiger partial charge is 0.313 e. The third-order valence-corrected chi connectivity index (χ3v) is 6.49. The van der Waals surface area contributed by atoms with Gasteiger partial charge in [-0.25, -0.2) is 0 Å². The van der Waals surface area contributed by atoms with E-state index in [4.69, 9.17) is 0 Å². The molecule has 0 radical (unpaired) electrons. The molecule has 1 saturated heterocycles. The summed E-state index contributed by atoms with van der Waals surface area (Å²) in [6.45, 7) is 8.70. The summed E-state index contributed by atoms with van der Waals surface area (Å²) in [7, 11) is 0. The van der Waals surface area contributed by atoms with Gasteiger partial charge >= 0.3 is 0 Å². The van der Waals surface area contributed by atoms with Crippen LogP contribution in [0.3, 0.4) is 0 Å². The normalized spacial score (nSPS) is 35.3. The first kappa shape index (κ1) is 15.8. The van der Waals surface area contributed by atoms with Gasteiger partial charge in [-0.05, 0) is 57.4 Å². The molecule has 2 bridgehead atoms. The quantitative estimate of drug-likeness (QED) is 0.822. The molecule has 1 N–H and O–H groups in total. The Morgan fingerprint density at radius 2 is 1.57 bits per heavy atom. The van der Waals surface area contributed by atoms with Crippen molar-refractivity contribution in [3.8, 4) is 0 Å². The van der Waals surface area contributed by atoms with Crippen molar-refractivity contribution < 1.29 is 0 Å². The Labute approximate surface area is 132 Å². The van der Waals surface area contributed by atoms with E-state index in [0.29, 0.717) is 0 Å². The van der Waals surface area contributed by atoms with Crippen LogP contribution in [0.5, 0.6) is 0 Å². The number of nitrogens with one attached hydrogen (secondary N) is 1. The summed E-state index contributed by atoms with van der Waals surface area (Å²) in [5.41, 5.74) is 0. The highest BCUT2D eigenvalue weighted by Crippen LogP contribution is 2.36. The van der Waals surface area contributed by atoms with Gasteiger partial charge in [-0.2, -0.15) is 0 Å². The Balaban J connectivity index is 1.46. The third-order valence-electron chi connectivity index (χ3n) is 6.49. The number of piperidine rings is 1. The van der Waals surface area contributed by atoms with Gasteiger partial charge in [0.15, 0.2) is 0 Å². The molecule has 0 aromatic rings. The second kappa shape index (κ2) is 7.46. The maximum Gasteiger partial charge on any atom is 0.0148 e. The van der Waals surface area contributed by atoms with Crippen molar-refractivity contribution in [1.29, 1.82) is 0 Å². The number of hydrogen-bond donors (Lipinski definition) is 1. The minimum absolute atomic E-state index is 0.733. The molecule has 1 heterocycles. The van der Waals surface area contributed by atoms with Crippen LogP contribution in [0.15, 0.2) is 0 Å². The molecule has 2 unspecified atom stereocenters. The molecule has 0 aromatic heterocycles. The van der Waals surface area contributed by atoms with Gasteiger partial charge in [0.25, 0.3) is 0 Å². The maximum atomic E-state index is 4.00. The average molecular weight is 293 g/mol. The molecule has 2 atom stereocenters. The maximum absolute atomic E-state index is 4.00. The molecule has 21 heavy (non-hydrogen) atoms. The van der Waals surface area contributed by atoms with Gasteiger partial charge in [0.05, 0.1) is 0 Å². The Kier molecular flexibility index (Phi) is 5.61. The molecule has 1 aliphatic heterocycles. The summed E-state index contributed by atoms with van der Waals surface area (Å²) in [6, 6.07) is 1.56. The van der Waals surface area contributed by atoms with Gasteiger partial charge in [-0.3, -0.25) is 0 Å². The van der Waals surface area contributed by atoms with Crippen molar-refractivity contribution in [2.75, 3.05) is 19.6 Å². The number of fused-ring (bicyclic) bond motifs is 2. The number of hydrogen-bond acceptors (Lipinski definition) is 2. The molecule has 122 valence electrons. The van der Waals surface area contributed by atoms with E-state index in [-0.39, 0.29) is 0 Å². The molecule has 2 saturated carbocycles. The van der Waals surface area contributed by atoms with E-state index in [1.54, 1.807) is 0 Å². The van der Waals surface area contributed by atoms with Gasteiger partial charge < -0.3 is 10.2 Å². The summed E-state index contributed by atoms with van der Waals surface area (Å²) >= 11 is 0. The van der Waals surface area contributed by atoms with Crippen molar-refractivity contribution in [1.82, 2.24) is 10.2 Å². The van der Waals surface area contributed by atoms with Crippen LogP contribution in [-0.4, -0.2) is 36.6 Å². The fourth-order valence-electron chi connectivity index (χ4n) is 5.16. The second-order valence-electron chi connectivity index (χ2n) is 8.27. The highest BCUT2D eigenvalue weighted by atomic mass is 15.2. The average Bonchev–Trinajstić information content (AvgIpc) is 2.47. The lowest BCUT2D eigenvalue weighted by Crippen LogP contribution is -2.58. The third kappa shape index (κ3) is 4.01. The highest BCUT2D eigenvalue weighted by Gasteiger charge is 2.39. The van der Waals surface area contributed by atoms with Crippen LogP contribution >= 0.6 is 0 Å². The lowest BCUT2D eigenvalue weighted by atomic mass is 9.73. The molecular weight excluding hydrogens is 256 g/mol. The minimum atomic E-state index is 0.733. The Bertz CT molecular complexity index is 295. The smallest absolute Gasteiger partial charge is 0.0148 e. The predicted octanol–water partition coefficient (Wildman–Crippen LogP) is 4.06. The van der Waals surface area contributed by atoms with E-state index in [0.717, 1.165) is 29.8 Å². The Hall–Kier alpha value is -0.0800. The SMILES string of the molecule is CC(C)N1CC2CCCC(C1)C2NCCC1CCCCC1. The van der Waals surface area contributed by atoms with Crippen LogP contribution in [0.2, 0.25) is 0 Å². The van der Waals surface area contributed by atoms with Gasteiger partial charge in [-0.1, -0.05) is 38.5 Å². The predicted molar refractivity (Wildman–Crippen MR) is 90.5 cm³/mol. The lowest BCUT2D eigenvalue weighted by Gasteiger charge is -2.49. The standard InChI is InChI=1S/C19H36N2/c1-15(2)21-13-17-9-6-10-18(14-21)19(17)20-12-11-16-7-4-3-5-8-16/h15-20H,3-14H2,1-2H3. The summed E-state index contributed by atoms with van der Waals surface area (Å²) in [4.78, 5) is 2.73. The first-order chi connectivity index (χ1) is 10.2. The molecule has 0 aromatic carbocycles. The van der Waals surface area contributed by atoms with Crippen LogP contribution in [0.25, 0.3) is 0 Å². The molecule has 3 fully saturated rings. The number of nitrogens with zero attached hydrogens (tertiary/aromatic N) is 1. The zero-order valence-corrected chi connectivity index (χ0v) is 14.3. The van der Waals surface area contributed by atoms with E-state index in [1.807, 2.05) is 0 Å². The molecule has 2 nitrogen and oxygen atoms in total. The second-order valence-corrected chi connectivity index (χ2v) is 8.27. The van der Waals surface area contributed by atoms with E-state index >= 15 is 0 Å². The van der Waals surface area contributed by atoms with Crippen molar-refractivity contribution >= 4 is 0 Å². The van der Waals surface area contributed by atoms with Gasteiger partial charge in [0, 0.05) is 25.2 Å². The van der Waals surface area contributed by atoms with Crippen LogP contribution in [0, 0.1) is 17.8 Å². The van der Waals surface area contributed by atoms with Crippen molar-refractivity contribution in [3.63, 3.8) is 0 Å². The first-order valence-corrected chi connectivity index (χ1v) is 9.71. The summed E-state index contributed by atoms with van der Waals surface area (Å²) < 4.78 is 0. The van der Waals surface area contributed by atoms with Crippen molar-refractivity contribution in [3.05, 3.63) is 0 Å². The highest BCUT2D eigenvalue weighted by molar-refractivity contribution is 4.95. The molecule has 3 aliphatic rings. The van der Waals surface area contributed by atoms with Crippen LogP contribution in [0.1, 0.15) is 71.6 Å². The van der Waals surface area contributed by atoms with Crippen LogP contribution in [-0.2, 0) is 0 Å². The van der Waals surface area contributed by atoms with E-state index in [2.05, 4.69) is 24.1 Å². The van der Waals surface area contributed by atoms with Crippen LogP contribution < -0.4 is 5.32 Å². The van der Waals surface area contributed by atoms with Gasteiger partial charge in [0.2, 0.25) is 0 Å². The molecule has 0 spiro atoms. The minimum Gasteiger partial charge on any atom is -0.313 e. The zero-order chi connectivity index (χ0) is 14.7. The monoisotopic (exact) mass is 292 g/mol. The molecule has 0 amide bonds. The zero-order valence-electron chi connectivity index (χ0n) is 14.3. The van der Waals surface area contributed by atoms with Crippen molar-refractivity contribution in [2.45, 2.75) is 83.7 Å². The number of likely N-dealkylation sites (tertiary alicyclic amines) is 1. The van der Waals surface area contributed by atoms with Crippen LogP contribution in [0.4, 0.5) is 0 Å². The summed E-state index contributed by atoms with van der Waals surface area (Å²) in [5, 5.41) is 4.00. The lowest BCUT2D eigenvalue weighted by molar-refractivity contribution is 0.0291. The van der Waals surface area contributed by atoms with Gasteiger partial charge in [0.1, 0.15) is 0 Å². The Morgan fingerprint density at radius 3 is 2.19 bits per heavy atom. The molecule has 2 heteroatoms. The topological polar surface area (TPSA) is 15.3 Å². The molecule has 3 rings (SSSR count). The van der Waals surface area contributed by atoms with Gasteiger partial charge in [-0.15, -0.1) is 0 Å². The van der Waals surface area contributed by atoms with E-state index in [9.17, 15) is 0 Å². The van der Waals surface area contributed by atoms with Crippen molar-refractivity contribution in [2.24, 2.45) is 17.8 Å². The fraction of sp³-hybridized carbons (Fsp3) is 1.00.